The van der Waals surface area contributed by atoms with Crippen LogP contribution in [0.5, 0.6) is 0 Å². The molecule has 0 aromatic heterocycles. The lowest BCUT2D eigenvalue weighted by molar-refractivity contribution is -0.0596. The van der Waals surface area contributed by atoms with E-state index in [4.69, 9.17) is 14.2 Å². The number of ether oxygens (including phenoxy) is 3. The third-order valence-corrected chi connectivity index (χ3v) is 15.5. The fourth-order valence-electron chi connectivity index (χ4n) is 12.0. The molecule has 2 N–H and O–H groups in total. The predicted molar refractivity (Wildman–Crippen MR) is 240 cm³/mol. The molecule has 0 spiro atoms. The molecular formula is C50H89N3O6. The average molecular weight is 828 g/mol. The smallest absolute Gasteiger partial charge is 0.410 e. The fraction of sp³-hybridized carbons (Fsp3) is 0.900. The Labute approximate surface area is 361 Å². The normalized spacial score (nSPS) is 29.6. The number of amides is 3. The van der Waals surface area contributed by atoms with Crippen LogP contribution in [0.1, 0.15) is 194 Å². The second kappa shape index (κ2) is 18.9. The van der Waals surface area contributed by atoms with Crippen LogP contribution < -0.4 is 10.6 Å². The van der Waals surface area contributed by atoms with Gasteiger partial charge in [-0.1, -0.05) is 66.0 Å². The molecule has 4 rings (SSSR count). The first-order valence-corrected chi connectivity index (χ1v) is 23.8. The largest absolute Gasteiger partial charge is 0.446 e. The molecule has 0 aromatic carbocycles. The van der Waals surface area contributed by atoms with Crippen LogP contribution >= 0.6 is 0 Å². The van der Waals surface area contributed by atoms with Crippen molar-refractivity contribution >= 4 is 18.3 Å². The summed E-state index contributed by atoms with van der Waals surface area (Å²) in [5.41, 5.74) is -0.390. The van der Waals surface area contributed by atoms with Crippen LogP contribution in [0.3, 0.4) is 0 Å². The second-order valence-corrected chi connectivity index (χ2v) is 23.7. The van der Waals surface area contributed by atoms with Crippen LogP contribution in [-0.2, 0) is 14.2 Å². The first-order chi connectivity index (χ1) is 27.1. The summed E-state index contributed by atoms with van der Waals surface area (Å²) in [7, 11) is 0. The zero-order chi connectivity index (χ0) is 44.4. The van der Waals surface area contributed by atoms with E-state index in [0.29, 0.717) is 37.3 Å². The van der Waals surface area contributed by atoms with Crippen molar-refractivity contribution in [2.24, 2.45) is 52.3 Å². The minimum Gasteiger partial charge on any atom is -0.446 e. The predicted octanol–water partition coefficient (Wildman–Crippen LogP) is 12.9. The molecule has 4 aliphatic carbocycles. The van der Waals surface area contributed by atoms with E-state index in [1.807, 2.05) is 69.2 Å². The van der Waals surface area contributed by atoms with E-state index in [0.717, 1.165) is 61.2 Å². The Bertz CT molecular complexity index is 1430. The van der Waals surface area contributed by atoms with Gasteiger partial charge in [-0.05, 0) is 186 Å². The van der Waals surface area contributed by atoms with Gasteiger partial charge in [0.15, 0.2) is 0 Å². The van der Waals surface area contributed by atoms with Crippen LogP contribution in [0, 0.1) is 52.3 Å². The number of nitrogens with zero attached hydrogens (tertiary/aromatic N) is 1. The van der Waals surface area contributed by atoms with Crippen molar-refractivity contribution in [2.45, 2.75) is 223 Å². The highest BCUT2D eigenvalue weighted by Crippen LogP contribution is 2.67. The minimum absolute atomic E-state index is 0.164. The Morgan fingerprint density at radius 1 is 0.780 bits per heavy atom. The highest BCUT2D eigenvalue weighted by molar-refractivity contribution is 5.70. The third-order valence-electron chi connectivity index (χ3n) is 15.5. The highest BCUT2D eigenvalue weighted by Gasteiger charge is 2.59. The summed E-state index contributed by atoms with van der Waals surface area (Å²) in [4.78, 5) is 41.3. The van der Waals surface area contributed by atoms with E-state index in [9.17, 15) is 14.4 Å². The average Bonchev–Trinajstić information content (AvgIpc) is 3.43. The molecule has 0 bridgehead atoms. The van der Waals surface area contributed by atoms with Crippen LogP contribution in [0.15, 0.2) is 11.6 Å². The van der Waals surface area contributed by atoms with Crippen LogP contribution in [0.25, 0.3) is 0 Å². The summed E-state index contributed by atoms with van der Waals surface area (Å²) in [5, 5.41) is 5.97. The topological polar surface area (TPSA) is 106 Å². The van der Waals surface area contributed by atoms with Crippen molar-refractivity contribution in [1.29, 1.82) is 0 Å². The lowest BCUT2D eigenvalue weighted by Gasteiger charge is -2.58. The van der Waals surface area contributed by atoms with E-state index >= 15 is 0 Å². The Kier molecular flexibility index (Phi) is 15.8. The number of carbonyl (C=O) groups excluding carboxylic acids is 3. The number of nitrogens with one attached hydrogen (secondary N) is 2. The Morgan fingerprint density at radius 2 is 1.34 bits per heavy atom. The van der Waals surface area contributed by atoms with Gasteiger partial charge in [-0.2, -0.15) is 0 Å². The zero-order valence-electron chi connectivity index (χ0n) is 40.7. The van der Waals surface area contributed by atoms with E-state index in [-0.39, 0.29) is 17.6 Å². The number of hydrogen-bond donors (Lipinski definition) is 2. The van der Waals surface area contributed by atoms with Gasteiger partial charge in [0.2, 0.25) is 0 Å². The number of allylic oxidation sites excluding steroid dienone is 1. The molecule has 9 heteroatoms. The molecule has 9 atom stereocenters. The molecule has 0 radical (unpaired) electrons. The van der Waals surface area contributed by atoms with Crippen molar-refractivity contribution in [3.05, 3.63) is 11.6 Å². The van der Waals surface area contributed by atoms with Crippen LogP contribution in [0.2, 0.25) is 0 Å². The Hall–Kier alpha value is -2.45. The van der Waals surface area contributed by atoms with Crippen LogP contribution in [0.4, 0.5) is 14.4 Å². The molecule has 0 unspecified atom stereocenters. The van der Waals surface area contributed by atoms with E-state index < -0.39 is 34.5 Å². The maximum absolute atomic E-state index is 14.2. The Balaban J connectivity index is 1.43. The van der Waals surface area contributed by atoms with Gasteiger partial charge in [0, 0.05) is 30.6 Å². The lowest BCUT2D eigenvalue weighted by Crippen LogP contribution is -2.51. The molecule has 3 fully saturated rings. The van der Waals surface area contributed by atoms with Crippen molar-refractivity contribution in [2.75, 3.05) is 13.1 Å². The van der Waals surface area contributed by atoms with Gasteiger partial charge in [-0.25, -0.2) is 14.4 Å². The highest BCUT2D eigenvalue weighted by atomic mass is 16.6. The molecular weight excluding hydrogens is 739 g/mol. The van der Waals surface area contributed by atoms with E-state index in [2.05, 4.69) is 58.3 Å². The standard InChI is InChI=1S/C50H89N3O6/c1-17-35(33(2)3)19-18-34(4)39-22-23-40-38-21-20-36-32-37(24-26-49(36,15)41(38)25-27-50(39,40)16)57-44(56)53(30-28-47(11,12)51-42(54)58-45(5,6)7)31-29-48(13,14)52-43(55)59-46(8,9)10/h20,33-35,37-41H,17-19,21-32H2,1-16H3,(H,51,54)(H,52,55)/t34-,35-,37+,38+,39-,40+,41+,49+,50-/m1/s1. The molecule has 0 saturated heterocycles. The van der Waals surface area contributed by atoms with Crippen molar-refractivity contribution < 1.29 is 28.6 Å². The summed E-state index contributed by atoms with van der Waals surface area (Å²) in [6.07, 6.45) is 15.4. The quantitative estimate of drug-likeness (QED) is 0.126. The van der Waals surface area contributed by atoms with E-state index in [1.165, 1.54) is 50.5 Å². The lowest BCUT2D eigenvalue weighted by atomic mass is 9.47. The van der Waals surface area contributed by atoms with Crippen molar-refractivity contribution in [1.82, 2.24) is 15.5 Å². The molecule has 0 heterocycles. The molecule has 0 aliphatic heterocycles. The molecule has 3 amide bonds. The van der Waals surface area contributed by atoms with Crippen molar-refractivity contribution in [3.63, 3.8) is 0 Å². The first-order valence-electron chi connectivity index (χ1n) is 23.8. The molecule has 4 aliphatic rings. The molecule has 340 valence electrons. The third kappa shape index (κ3) is 13.0. The summed E-state index contributed by atoms with van der Waals surface area (Å²) in [5.74, 6) is 5.52. The maximum atomic E-state index is 14.2. The Morgan fingerprint density at radius 3 is 1.85 bits per heavy atom. The molecule has 3 saturated carbocycles. The van der Waals surface area contributed by atoms with Gasteiger partial charge in [-0.15, -0.1) is 0 Å². The van der Waals surface area contributed by atoms with Crippen LogP contribution in [-0.4, -0.2) is 64.7 Å². The summed E-state index contributed by atoms with van der Waals surface area (Å²) in [6, 6.07) is 0. The van der Waals surface area contributed by atoms with E-state index in [1.54, 1.807) is 4.90 Å². The number of rotatable bonds is 15. The summed E-state index contributed by atoms with van der Waals surface area (Å²) < 4.78 is 17.5. The fourth-order valence-corrected chi connectivity index (χ4v) is 12.0. The molecule has 0 aromatic rings. The monoisotopic (exact) mass is 828 g/mol. The molecule has 59 heavy (non-hydrogen) atoms. The van der Waals surface area contributed by atoms with Gasteiger partial charge >= 0.3 is 18.3 Å². The first kappa shape index (κ1) is 49.2. The summed E-state index contributed by atoms with van der Waals surface area (Å²) >= 11 is 0. The van der Waals surface area contributed by atoms with Gasteiger partial charge in [0.1, 0.15) is 17.3 Å². The maximum Gasteiger partial charge on any atom is 0.410 e. The number of fused-ring (bicyclic) bond motifs is 5. The van der Waals surface area contributed by atoms with Gasteiger partial charge in [-0.3, -0.25) is 0 Å². The number of hydrogen-bond acceptors (Lipinski definition) is 6. The van der Waals surface area contributed by atoms with Gasteiger partial charge < -0.3 is 29.7 Å². The van der Waals surface area contributed by atoms with Gasteiger partial charge in [0.25, 0.3) is 0 Å². The molecule has 9 nitrogen and oxygen atoms in total. The number of carbonyl (C=O) groups is 3. The summed E-state index contributed by atoms with van der Waals surface area (Å²) in [6.45, 7) is 34.5. The minimum atomic E-state index is -0.638. The second-order valence-electron chi connectivity index (χ2n) is 23.7. The number of alkyl carbamates (subject to hydrolysis) is 2. The zero-order valence-corrected chi connectivity index (χ0v) is 40.7. The van der Waals surface area contributed by atoms with Gasteiger partial charge in [0.05, 0.1) is 0 Å². The van der Waals surface area contributed by atoms with Crippen molar-refractivity contribution in [3.8, 4) is 0 Å². The SMILES string of the molecule is CC[C@H](CC[C@@H](C)[C@H]1CC[C@H]2[C@@H]3CC=C4C[C@@H](OC(=O)N(CCC(C)(C)NC(=O)OC(C)(C)C)CCC(C)(C)NC(=O)OC(C)(C)C)CC[C@]4(C)[C@H]3CC[C@]12C)C(C)C.